The van der Waals surface area contributed by atoms with E-state index in [-0.39, 0.29) is 6.61 Å². The smallest absolute Gasteiger partial charge is 0.343 e. The van der Waals surface area contributed by atoms with Gasteiger partial charge in [-0.2, -0.15) is 5.10 Å². The van der Waals surface area contributed by atoms with Gasteiger partial charge in [0.15, 0.2) is 5.11 Å². The minimum atomic E-state index is -0.443. The summed E-state index contributed by atoms with van der Waals surface area (Å²) in [5.41, 5.74) is 2.24. The Morgan fingerprint density at radius 2 is 1.74 bits per heavy atom. The van der Waals surface area contributed by atoms with Gasteiger partial charge in [-0.3, -0.25) is 0 Å². The van der Waals surface area contributed by atoms with E-state index in [2.05, 4.69) is 15.7 Å². The zero-order valence-electron chi connectivity index (χ0n) is 14.9. The number of hydrogen-bond donors (Lipinski definition) is 2. The van der Waals surface area contributed by atoms with Crippen molar-refractivity contribution >= 4 is 34.8 Å². The number of nitrogens with zero attached hydrogens (tertiary/aromatic N) is 2. The van der Waals surface area contributed by atoms with Crippen LogP contribution in [0.25, 0.3) is 0 Å². The van der Waals surface area contributed by atoms with Crippen LogP contribution in [0.1, 0.15) is 22.8 Å². The summed E-state index contributed by atoms with van der Waals surface area (Å²) in [6.45, 7) is 2.55. The molecule has 0 amide bonds. The number of para-hydroxylation sites is 1. The van der Waals surface area contributed by atoms with Gasteiger partial charge < -0.3 is 15.4 Å². The lowest BCUT2D eigenvalue weighted by atomic mass is 10.2. The molecule has 7 heteroatoms. The lowest BCUT2D eigenvalue weighted by molar-refractivity contribution is 0.0527. The molecule has 0 radical (unpaired) electrons. The average molecular weight is 380 g/mol. The number of ether oxygens (including phenoxy) is 1. The van der Waals surface area contributed by atoms with Crippen LogP contribution in [-0.2, 0) is 11.3 Å². The fourth-order valence-electron chi connectivity index (χ4n) is 2.54. The van der Waals surface area contributed by atoms with Crippen LogP contribution in [0.15, 0.2) is 66.9 Å². The largest absolute Gasteiger partial charge is 0.462 e. The molecule has 0 saturated heterocycles. The van der Waals surface area contributed by atoms with Crippen molar-refractivity contribution in [1.82, 2.24) is 9.78 Å². The molecular formula is C20H20N4O2S. The van der Waals surface area contributed by atoms with Gasteiger partial charge in [0.1, 0.15) is 11.4 Å². The molecule has 0 unspecified atom stereocenters. The average Bonchev–Trinajstić information content (AvgIpc) is 3.06. The Hall–Kier alpha value is -3.19. The van der Waals surface area contributed by atoms with Crippen molar-refractivity contribution in [3.8, 4) is 0 Å². The molecule has 138 valence electrons. The van der Waals surface area contributed by atoms with Crippen LogP contribution in [0.5, 0.6) is 0 Å². The van der Waals surface area contributed by atoms with Crippen LogP contribution in [0, 0.1) is 0 Å². The van der Waals surface area contributed by atoms with E-state index in [0.29, 0.717) is 23.0 Å². The van der Waals surface area contributed by atoms with Crippen LogP contribution in [0.2, 0.25) is 0 Å². The number of hydrogen-bond acceptors (Lipinski definition) is 4. The predicted molar refractivity (Wildman–Crippen MR) is 110 cm³/mol. The van der Waals surface area contributed by atoms with Crippen LogP contribution in [-0.4, -0.2) is 27.5 Å². The number of rotatable bonds is 6. The van der Waals surface area contributed by atoms with Crippen molar-refractivity contribution < 1.29 is 9.53 Å². The molecule has 3 rings (SSSR count). The van der Waals surface area contributed by atoms with Crippen molar-refractivity contribution in [2.75, 3.05) is 17.2 Å². The number of anilines is 2. The summed E-state index contributed by atoms with van der Waals surface area (Å²) in [7, 11) is 0. The first kappa shape index (κ1) is 18.6. The Balaban J connectivity index is 1.84. The van der Waals surface area contributed by atoms with Crippen LogP contribution < -0.4 is 10.6 Å². The lowest BCUT2D eigenvalue weighted by Crippen LogP contribution is -2.23. The second kappa shape index (κ2) is 8.95. The van der Waals surface area contributed by atoms with Gasteiger partial charge in [0, 0.05) is 5.69 Å². The summed E-state index contributed by atoms with van der Waals surface area (Å²) in [4.78, 5) is 12.3. The maximum atomic E-state index is 12.3. The number of aromatic nitrogens is 2. The molecule has 3 aromatic rings. The third-order valence-electron chi connectivity index (χ3n) is 3.77. The minimum Gasteiger partial charge on any atom is -0.462 e. The summed E-state index contributed by atoms with van der Waals surface area (Å²) in [6, 6.07) is 19.4. The molecule has 0 bridgehead atoms. The molecule has 0 fully saturated rings. The van der Waals surface area contributed by atoms with Gasteiger partial charge in [0.25, 0.3) is 0 Å². The van der Waals surface area contributed by atoms with Gasteiger partial charge in [-0.05, 0) is 36.8 Å². The molecule has 1 heterocycles. The molecule has 0 spiro atoms. The summed E-state index contributed by atoms with van der Waals surface area (Å²) < 4.78 is 6.83. The molecule has 0 saturated carbocycles. The Morgan fingerprint density at radius 3 is 2.41 bits per heavy atom. The van der Waals surface area contributed by atoms with Crippen molar-refractivity contribution in [1.29, 1.82) is 0 Å². The number of carbonyl (C=O) groups is 1. The molecular weight excluding hydrogens is 360 g/mol. The Morgan fingerprint density at radius 1 is 1.07 bits per heavy atom. The van der Waals surface area contributed by atoms with Crippen LogP contribution in [0.3, 0.4) is 0 Å². The molecule has 0 aliphatic rings. The standard InChI is InChI=1S/C20H20N4O2S/c1-2-26-19(25)17-13-21-24(14-15-9-5-3-6-10-15)18(17)23-20(27)22-16-11-7-4-8-12-16/h3-13H,2,14H2,1H3,(H2,22,23,27). The van der Waals surface area contributed by atoms with Gasteiger partial charge >= 0.3 is 5.97 Å². The first-order chi connectivity index (χ1) is 13.2. The van der Waals surface area contributed by atoms with Crippen molar-refractivity contribution in [3.05, 3.63) is 78.0 Å². The normalized spacial score (nSPS) is 10.3. The van der Waals surface area contributed by atoms with E-state index in [1.54, 1.807) is 11.6 Å². The van der Waals surface area contributed by atoms with E-state index >= 15 is 0 Å². The van der Waals surface area contributed by atoms with Crippen LogP contribution in [0.4, 0.5) is 11.5 Å². The van der Waals surface area contributed by atoms with Gasteiger partial charge in [-0.25, -0.2) is 9.48 Å². The van der Waals surface area contributed by atoms with Gasteiger partial charge in [-0.15, -0.1) is 0 Å². The second-order valence-electron chi connectivity index (χ2n) is 5.72. The van der Waals surface area contributed by atoms with Crippen molar-refractivity contribution in [2.24, 2.45) is 0 Å². The fraction of sp³-hybridized carbons (Fsp3) is 0.150. The molecule has 1 aromatic heterocycles. The Labute approximate surface area is 163 Å². The maximum Gasteiger partial charge on any atom is 0.343 e. The Kier molecular flexibility index (Phi) is 6.17. The fourth-order valence-corrected chi connectivity index (χ4v) is 2.76. The molecule has 2 aromatic carbocycles. The molecule has 0 aliphatic carbocycles. The number of benzene rings is 2. The lowest BCUT2D eigenvalue weighted by Gasteiger charge is -2.14. The highest BCUT2D eigenvalue weighted by Gasteiger charge is 2.20. The number of esters is 1. The first-order valence-electron chi connectivity index (χ1n) is 8.57. The summed E-state index contributed by atoms with van der Waals surface area (Å²) >= 11 is 5.40. The third kappa shape index (κ3) is 4.92. The minimum absolute atomic E-state index is 0.287. The van der Waals surface area contributed by atoms with Gasteiger partial charge in [0.05, 0.1) is 19.3 Å². The van der Waals surface area contributed by atoms with E-state index in [1.165, 1.54) is 6.20 Å². The van der Waals surface area contributed by atoms with E-state index in [0.717, 1.165) is 11.3 Å². The number of carbonyl (C=O) groups excluding carboxylic acids is 1. The highest BCUT2D eigenvalue weighted by molar-refractivity contribution is 7.80. The van der Waals surface area contributed by atoms with Crippen molar-refractivity contribution in [2.45, 2.75) is 13.5 Å². The van der Waals surface area contributed by atoms with E-state index < -0.39 is 5.97 Å². The number of thiocarbonyl (C=S) groups is 1. The van der Waals surface area contributed by atoms with Gasteiger partial charge in [-0.1, -0.05) is 48.5 Å². The predicted octanol–water partition coefficient (Wildman–Crippen LogP) is 3.92. The zero-order valence-corrected chi connectivity index (χ0v) is 15.7. The number of nitrogens with one attached hydrogen (secondary N) is 2. The molecule has 0 atom stereocenters. The van der Waals surface area contributed by atoms with Gasteiger partial charge in [0.2, 0.25) is 0 Å². The zero-order chi connectivity index (χ0) is 19.1. The van der Waals surface area contributed by atoms with Crippen molar-refractivity contribution in [3.63, 3.8) is 0 Å². The quantitative estimate of drug-likeness (QED) is 0.499. The monoisotopic (exact) mass is 380 g/mol. The second-order valence-corrected chi connectivity index (χ2v) is 6.12. The molecule has 0 aliphatic heterocycles. The van der Waals surface area contributed by atoms with E-state index in [4.69, 9.17) is 17.0 Å². The van der Waals surface area contributed by atoms with E-state index in [1.807, 2.05) is 60.7 Å². The molecule has 27 heavy (non-hydrogen) atoms. The molecule has 2 N–H and O–H groups in total. The third-order valence-corrected chi connectivity index (χ3v) is 3.98. The Bertz CT molecular complexity index is 910. The molecule has 6 nitrogen and oxygen atoms in total. The first-order valence-corrected chi connectivity index (χ1v) is 8.98. The summed E-state index contributed by atoms with van der Waals surface area (Å²) in [5.74, 6) is 0.0487. The highest BCUT2D eigenvalue weighted by atomic mass is 32.1. The summed E-state index contributed by atoms with van der Waals surface area (Å²) in [6.07, 6.45) is 1.49. The van der Waals surface area contributed by atoms with Crippen LogP contribution >= 0.6 is 12.2 Å². The summed E-state index contributed by atoms with van der Waals surface area (Å²) in [5, 5.41) is 10.9. The highest BCUT2D eigenvalue weighted by Crippen LogP contribution is 2.19. The van der Waals surface area contributed by atoms with E-state index in [9.17, 15) is 4.79 Å². The maximum absolute atomic E-state index is 12.3. The SMILES string of the molecule is CCOC(=O)c1cnn(Cc2ccccc2)c1NC(=S)Nc1ccccc1. The topological polar surface area (TPSA) is 68.2 Å².